The van der Waals surface area contributed by atoms with Gasteiger partial charge in [-0.15, -0.1) is 0 Å². The Morgan fingerprint density at radius 1 is 1.25 bits per heavy atom. The number of pyridine rings is 1. The Balaban J connectivity index is 1.32. The summed E-state index contributed by atoms with van der Waals surface area (Å²) in [6.45, 7) is 1.15. The van der Waals surface area contributed by atoms with Gasteiger partial charge in [-0.05, 0) is 36.2 Å². The van der Waals surface area contributed by atoms with Gasteiger partial charge in [-0.25, -0.2) is 4.98 Å². The molecular weight excluding hydrogens is 356 g/mol. The third kappa shape index (κ3) is 3.83. The molecule has 2 aromatic heterocycles. The number of benzene rings is 1. The second-order valence-corrected chi connectivity index (χ2v) is 6.90. The van der Waals surface area contributed by atoms with E-state index in [1.807, 2.05) is 48.7 Å². The summed E-state index contributed by atoms with van der Waals surface area (Å²) in [5.74, 6) is 0.628. The smallest absolute Gasteiger partial charge is 0.271 e. The van der Waals surface area contributed by atoms with Crippen molar-refractivity contribution in [2.75, 3.05) is 20.2 Å². The molecule has 7 nitrogen and oxygen atoms in total. The predicted molar refractivity (Wildman–Crippen MR) is 104 cm³/mol. The van der Waals surface area contributed by atoms with E-state index in [2.05, 4.69) is 10.3 Å². The zero-order valence-corrected chi connectivity index (χ0v) is 15.7. The molecular formula is C21H22N4O3. The van der Waals surface area contributed by atoms with Crippen molar-refractivity contribution in [1.29, 1.82) is 0 Å². The normalized spacial score (nSPS) is 16.5. The number of hydrogen-bond acceptors (Lipinski definition) is 4. The van der Waals surface area contributed by atoms with Crippen molar-refractivity contribution in [2.45, 2.75) is 18.9 Å². The van der Waals surface area contributed by atoms with Gasteiger partial charge >= 0.3 is 0 Å². The lowest BCUT2D eigenvalue weighted by molar-refractivity contribution is -0.127. The van der Waals surface area contributed by atoms with Gasteiger partial charge in [0.05, 0.1) is 13.2 Å². The molecule has 0 bridgehead atoms. The molecule has 3 aromatic rings. The molecule has 1 saturated heterocycles. The second kappa shape index (κ2) is 7.72. The highest BCUT2D eigenvalue weighted by atomic mass is 16.5. The van der Waals surface area contributed by atoms with Gasteiger partial charge in [-0.2, -0.15) is 0 Å². The van der Waals surface area contributed by atoms with E-state index in [0.717, 1.165) is 23.4 Å². The van der Waals surface area contributed by atoms with Crippen molar-refractivity contribution in [3.8, 4) is 5.75 Å². The number of nitrogens with one attached hydrogen (secondary N) is 1. The molecule has 28 heavy (non-hydrogen) atoms. The molecule has 1 unspecified atom stereocenters. The van der Waals surface area contributed by atoms with Gasteiger partial charge in [-0.1, -0.05) is 18.2 Å². The number of ether oxygens (including phenoxy) is 1. The summed E-state index contributed by atoms with van der Waals surface area (Å²) >= 11 is 0. The van der Waals surface area contributed by atoms with Gasteiger partial charge in [0.2, 0.25) is 5.91 Å². The molecule has 1 N–H and O–H groups in total. The minimum Gasteiger partial charge on any atom is -0.497 e. The molecule has 2 amide bonds. The fraction of sp³-hybridized carbons (Fsp3) is 0.286. The second-order valence-electron chi connectivity index (χ2n) is 6.90. The van der Waals surface area contributed by atoms with Crippen LogP contribution in [0, 0.1) is 0 Å². The maximum absolute atomic E-state index is 12.5. The van der Waals surface area contributed by atoms with Crippen LogP contribution in [0.2, 0.25) is 0 Å². The first-order chi connectivity index (χ1) is 13.6. The molecule has 1 aromatic carbocycles. The van der Waals surface area contributed by atoms with Crippen LogP contribution < -0.4 is 10.1 Å². The Kier molecular flexibility index (Phi) is 4.97. The fourth-order valence-corrected chi connectivity index (χ4v) is 3.44. The number of aromatic nitrogens is 2. The summed E-state index contributed by atoms with van der Waals surface area (Å²) in [6.07, 6.45) is 4.63. The van der Waals surface area contributed by atoms with Crippen LogP contribution in [-0.4, -0.2) is 52.3 Å². The lowest BCUT2D eigenvalue weighted by Gasteiger charge is -2.17. The van der Waals surface area contributed by atoms with Crippen molar-refractivity contribution < 1.29 is 14.3 Å². The Morgan fingerprint density at radius 2 is 2.07 bits per heavy atom. The maximum atomic E-state index is 12.5. The van der Waals surface area contributed by atoms with Crippen molar-refractivity contribution in [3.63, 3.8) is 0 Å². The van der Waals surface area contributed by atoms with Gasteiger partial charge in [0.15, 0.2) is 0 Å². The monoisotopic (exact) mass is 378 g/mol. The first-order valence-corrected chi connectivity index (χ1v) is 9.27. The number of carbonyl (C=O) groups excluding carboxylic acids is 2. The molecule has 1 aliphatic heterocycles. The van der Waals surface area contributed by atoms with Crippen molar-refractivity contribution >= 4 is 17.5 Å². The average molecular weight is 378 g/mol. The van der Waals surface area contributed by atoms with Crippen LogP contribution in [0.5, 0.6) is 5.75 Å². The van der Waals surface area contributed by atoms with Gasteiger partial charge in [0, 0.05) is 31.9 Å². The molecule has 0 radical (unpaired) electrons. The van der Waals surface area contributed by atoms with Crippen LogP contribution in [0.15, 0.2) is 54.9 Å². The molecule has 7 heteroatoms. The Hall–Kier alpha value is -3.35. The summed E-state index contributed by atoms with van der Waals surface area (Å²) in [6, 6.07) is 13.2. The van der Waals surface area contributed by atoms with Gasteiger partial charge in [0.1, 0.15) is 17.1 Å². The van der Waals surface area contributed by atoms with Crippen molar-refractivity contribution in [1.82, 2.24) is 19.6 Å². The first-order valence-electron chi connectivity index (χ1n) is 9.27. The quantitative estimate of drug-likeness (QED) is 0.711. The van der Waals surface area contributed by atoms with E-state index in [1.165, 1.54) is 0 Å². The number of hydrogen-bond donors (Lipinski definition) is 1. The van der Waals surface area contributed by atoms with Crippen LogP contribution in [-0.2, 0) is 11.2 Å². The Morgan fingerprint density at radius 3 is 2.82 bits per heavy atom. The number of carbonyl (C=O) groups is 2. The molecule has 4 rings (SSSR count). The van der Waals surface area contributed by atoms with Crippen LogP contribution >= 0.6 is 0 Å². The minimum atomic E-state index is -0.251. The molecule has 0 aliphatic carbocycles. The zero-order valence-electron chi connectivity index (χ0n) is 15.7. The summed E-state index contributed by atoms with van der Waals surface area (Å²) in [5, 5.41) is 2.94. The SMILES string of the molecule is COc1ccc(CCN2CC(NC(=O)c3cn4ccccc4n3)CC2=O)cc1. The Bertz CT molecular complexity index is 963. The highest BCUT2D eigenvalue weighted by Gasteiger charge is 2.30. The third-order valence-electron chi connectivity index (χ3n) is 4.98. The summed E-state index contributed by atoms with van der Waals surface area (Å²) in [5.41, 5.74) is 2.22. The van der Waals surface area contributed by atoms with Crippen LogP contribution in [0.3, 0.4) is 0 Å². The minimum absolute atomic E-state index is 0.0637. The Labute approximate surface area is 162 Å². The van der Waals surface area contributed by atoms with E-state index in [9.17, 15) is 9.59 Å². The molecule has 1 fully saturated rings. The van der Waals surface area contributed by atoms with E-state index in [0.29, 0.717) is 25.2 Å². The standard InChI is InChI=1S/C21H22N4O3/c1-28-17-7-5-15(6-8-17)9-11-25-13-16(12-20(25)26)22-21(27)18-14-24-10-3-2-4-19(24)23-18/h2-8,10,14,16H,9,11-13H2,1H3,(H,22,27). The molecule has 1 aliphatic rings. The number of likely N-dealkylation sites (tertiary alicyclic amines) is 1. The van der Waals surface area contributed by atoms with E-state index in [1.54, 1.807) is 22.6 Å². The van der Waals surface area contributed by atoms with Crippen LogP contribution in [0.4, 0.5) is 0 Å². The summed E-state index contributed by atoms with van der Waals surface area (Å²) < 4.78 is 6.96. The highest BCUT2D eigenvalue weighted by Crippen LogP contribution is 2.15. The largest absolute Gasteiger partial charge is 0.497 e. The topological polar surface area (TPSA) is 75.9 Å². The highest BCUT2D eigenvalue weighted by molar-refractivity contribution is 5.93. The first kappa shape index (κ1) is 18.0. The number of rotatable bonds is 6. The lowest BCUT2D eigenvalue weighted by Crippen LogP contribution is -2.37. The maximum Gasteiger partial charge on any atom is 0.271 e. The molecule has 1 atom stereocenters. The molecule has 0 spiro atoms. The van der Waals surface area contributed by atoms with E-state index in [4.69, 9.17) is 4.74 Å². The number of amides is 2. The van der Waals surface area contributed by atoms with E-state index < -0.39 is 0 Å². The number of fused-ring (bicyclic) bond motifs is 1. The fourth-order valence-electron chi connectivity index (χ4n) is 3.44. The van der Waals surface area contributed by atoms with Crippen molar-refractivity contribution in [2.24, 2.45) is 0 Å². The average Bonchev–Trinajstić information content (AvgIpc) is 3.30. The molecule has 144 valence electrons. The van der Waals surface area contributed by atoms with E-state index >= 15 is 0 Å². The predicted octanol–water partition coefficient (Wildman–Crippen LogP) is 1.92. The number of nitrogens with zero attached hydrogens (tertiary/aromatic N) is 3. The van der Waals surface area contributed by atoms with Gasteiger partial charge in [0.25, 0.3) is 5.91 Å². The number of methoxy groups -OCH3 is 1. The molecule has 3 heterocycles. The van der Waals surface area contributed by atoms with Gasteiger partial charge < -0.3 is 19.4 Å². The third-order valence-corrected chi connectivity index (χ3v) is 4.98. The van der Waals surface area contributed by atoms with E-state index in [-0.39, 0.29) is 17.9 Å². The van der Waals surface area contributed by atoms with Crippen molar-refractivity contribution in [3.05, 3.63) is 66.1 Å². The zero-order chi connectivity index (χ0) is 19.5. The van der Waals surface area contributed by atoms with Crippen LogP contribution in [0.1, 0.15) is 22.5 Å². The molecule has 0 saturated carbocycles. The summed E-state index contributed by atoms with van der Waals surface area (Å²) in [4.78, 5) is 30.9. The van der Waals surface area contributed by atoms with Gasteiger partial charge in [-0.3, -0.25) is 9.59 Å². The summed E-state index contributed by atoms with van der Waals surface area (Å²) in [7, 11) is 1.64. The van der Waals surface area contributed by atoms with Crippen LogP contribution in [0.25, 0.3) is 5.65 Å². The lowest BCUT2D eigenvalue weighted by atomic mass is 10.1. The number of imidazole rings is 1.